The SMILES string of the molecule is O=C(O)Cc1ncc(C(F)(F)F)cc1-c1c(Cl)cc(Cl)cc1Cl. The van der Waals surface area contributed by atoms with Gasteiger partial charge in [-0.2, -0.15) is 13.2 Å². The predicted molar refractivity (Wildman–Crippen MR) is 81.0 cm³/mol. The van der Waals surface area contributed by atoms with E-state index < -0.39 is 24.1 Å². The van der Waals surface area contributed by atoms with Crippen molar-refractivity contribution in [3.63, 3.8) is 0 Å². The van der Waals surface area contributed by atoms with E-state index >= 15 is 0 Å². The molecule has 0 spiro atoms. The smallest absolute Gasteiger partial charge is 0.417 e. The molecule has 0 aliphatic heterocycles. The fourth-order valence-electron chi connectivity index (χ4n) is 1.95. The molecule has 122 valence electrons. The Labute approximate surface area is 143 Å². The molecule has 3 nitrogen and oxygen atoms in total. The van der Waals surface area contributed by atoms with Crippen LogP contribution < -0.4 is 0 Å². The predicted octanol–water partition coefficient (Wildman–Crippen LogP) is 5.35. The Bertz CT molecular complexity index is 755. The standard InChI is InChI=1S/C14H7Cl3F3NO2/c15-7-2-9(16)13(10(17)3-7)8-1-6(14(18,19)20)5-21-11(8)4-12(22)23/h1-3,5H,4H2,(H,22,23). The van der Waals surface area contributed by atoms with E-state index in [0.29, 0.717) is 6.20 Å². The first-order valence-corrected chi connectivity index (χ1v) is 7.16. The number of carbonyl (C=O) groups is 1. The van der Waals surface area contributed by atoms with E-state index in [-0.39, 0.29) is 31.9 Å². The maximum Gasteiger partial charge on any atom is 0.417 e. The average molecular weight is 385 g/mol. The molecule has 0 atom stereocenters. The third-order valence-electron chi connectivity index (χ3n) is 2.89. The zero-order valence-electron chi connectivity index (χ0n) is 11.1. The number of rotatable bonds is 3. The molecule has 0 radical (unpaired) electrons. The molecule has 9 heteroatoms. The highest BCUT2D eigenvalue weighted by Gasteiger charge is 2.32. The molecule has 23 heavy (non-hydrogen) atoms. The van der Waals surface area contributed by atoms with Gasteiger partial charge >= 0.3 is 12.1 Å². The summed E-state index contributed by atoms with van der Waals surface area (Å²) in [7, 11) is 0. The van der Waals surface area contributed by atoms with Gasteiger partial charge in [-0.3, -0.25) is 9.78 Å². The van der Waals surface area contributed by atoms with Crippen molar-refractivity contribution >= 4 is 40.8 Å². The van der Waals surface area contributed by atoms with Crippen molar-refractivity contribution in [1.82, 2.24) is 4.98 Å². The lowest BCUT2D eigenvalue weighted by molar-refractivity contribution is -0.137. The summed E-state index contributed by atoms with van der Waals surface area (Å²) in [6.07, 6.45) is -4.66. The first-order chi connectivity index (χ1) is 10.6. The monoisotopic (exact) mass is 383 g/mol. The van der Waals surface area contributed by atoms with Crippen molar-refractivity contribution in [2.45, 2.75) is 12.6 Å². The number of alkyl halides is 3. The van der Waals surface area contributed by atoms with Crippen LogP contribution in [0.25, 0.3) is 11.1 Å². The molecule has 0 unspecified atom stereocenters. The fraction of sp³-hybridized carbons (Fsp3) is 0.143. The first-order valence-electron chi connectivity index (χ1n) is 6.02. The third-order valence-corrected chi connectivity index (χ3v) is 3.71. The largest absolute Gasteiger partial charge is 0.481 e. The lowest BCUT2D eigenvalue weighted by Gasteiger charge is -2.14. The Balaban J connectivity index is 2.74. The van der Waals surface area contributed by atoms with E-state index in [0.717, 1.165) is 6.07 Å². The number of carboxylic acids is 1. The van der Waals surface area contributed by atoms with Crippen molar-refractivity contribution < 1.29 is 23.1 Å². The Morgan fingerprint density at radius 2 is 1.70 bits per heavy atom. The van der Waals surface area contributed by atoms with Crippen LogP contribution in [-0.2, 0) is 17.4 Å². The third kappa shape index (κ3) is 4.07. The van der Waals surface area contributed by atoms with E-state index in [9.17, 15) is 18.0 Å². The molecule has 0 aliphatic carbocycles. The number of benzene rings is 1. The summed E-state index contributed by atoms with van der Waals surface area (Å²) in [4.78, 5) is 14.5. The van der Waals surface area contributed by atoms with Gasteiger partial charge in [-0.25, -0.2) is 0 Å². The second-order valence-corrected chi connectivity index (χ2v) is 5.78. The molecule has 1 N–H and O–H groups in total. The number of halogens is 6. The van der Waals surface area contributed by atoms with Gasteiger partial charge in [-0.05, 0) is 18.2 Å². The van der Waals surface area contributed by atoms with Gasteiger partial charge in [0.15, 0.2) is 0 Å². The summed E-state index contributed by atoms with van der Waals surface area (Å²) in [5.41, 5.74) is -1.18. The Morgan fingerprint density at radius 1 is 1.13 bits per heavy atom. The average Bonchev–Trinajstić information content (AvgIpc) is 2.37. The maximum atomic E-state index is 12.9. The molecule has 0 bridgehead atoms. The quantitative estimate of drug-likeness (QED) is 0.775. The molecular weight excluding hydrogens is 378 g/mol. The van der Waals surface area contributed by atoms with Gasteiger partial charge in [-0.15, -0.1) is 0 Å². The maximum absolute atomic E-state index is 12.9. The lowest BCUT2D eigenvalue weighted by atomic mass is 10.00. The number of aliphatic carboxylic acids is 1. The number of carboxylic acid groups (broad SMARTS) is 1. The second kappa shape index (κ2) is 6.55. The summed E-state index contributed by atoms with van der Waals surface area (Å²) >= 11 is 17.8. The topological polar surface area (TPSA) is 50.2 Å². The highest BCUT2D eigenvalue weighted by molar-refractivity contribution is 6.41. The Morgan fingerprint density at radius 3 is 2.17 bits per heavy atom. The van der Waals surface area contributed by atoms with Gasteiger partial charge in [0.25, 0.3) is 0 Å². The van der Waals surface area contributed by atoms with Crippen LogP contribution in [0.4, 0.5) is 13.2 Å². The van der Waals surface area contributed by atoms with Crippen LogP contribution in [0.5, 0.6) is 0 Å². The van der Waals surface area contributed by atoms with Crippen molar-refractivity contribution in [2.24, 2.45) is 0 Å². The zero-order valence-corrected chi connectivity index (χ0v) is 13.4. The number of hydrogen-bond acceptors (Lipinski definition) is 2. The molecule has 2 rings (SSSR count). The fourth-order valence-corrected chi connectivity index (χ4v) is 2.97. The number of hydrogen-bond donors (Lipinski definition) is 1. The van der Waals surface area contributed by atoms with Crippen LogP contribution in [0.1, 0.15) is 11.3 Å². The highest BCUT2D eigenvalue weighted by atomic mass is 35.5. The van der Waals surface area contributed by atoms with Gasteiger partial charge in [-0.1, -0.05) is 34.8 Å². The van der Waals surface area contributed by atoms with Crippen LogP contribution in [0, 0.1) is 0 Å². The molecule has 0 aliphatic rings. The minimum absolute atomic E-state index is 0.00439. The normalized spacial score (nSPS) is 11.6. The van der Waals surface area contributed by atoms with E-state index in [1.165, 1.54) is 12.1 Å². The van der Waals surface area contributed by atoms with Crippen LogP contribution in [0.2, 0.25) is 15.1 Å². The molecular formula is C14H7Cl3F3NO2. The first kappa shape index (κ1) is 17.8. The molecule has 1 aromatic carbocycles. The van der Waals surface area contributed by atoms with Crippen LogP contribution in [-0.4, -0.2) is 16.1 Å². The second-order valence-electron chi connectivity index (χ2n) is 4.53. The van der Waals surface area contributed by atoms with Crippen LogP contribution in [0.15, 0.2) is 24.4 Å². The van der Waals surface area contributed by atoms with E-state index in [1.54, 1.807) is 0 Å². The summed E-state index contributed by atoms with van der Waals surface area (Å²) < 4.78 is 38.7. The van der Waals surface area contributed by atoms with E-state index in [4.69, 9.17) is 39.9 Å². The van der Waals surface area contributed by atoms with E-state index in [2.05, 4.69) is 4.98 Å². The van der Waals surface area contributed by atoms with Crippen molar-refractivity contribution in [1.29, 1.82) is 0 Å². The van der Waals surface area contributed by atoms with Crippen molar-refractivity contribution in [3.8, 4) is 11.1 Å². The van der Waals surface area contributed by atoms with Gasteiger partial charge < -0.3 is 5.11 Å². The summed E-state index contributed by atoms with van der Waals surface area (Å²) in [5.74, 6) is -1.25. The molecule has 1 heterocycles. The van der Waals surface area contributed by atoms with Gasteiger partial charge in [0.1, 0.15) is 0 Å². The lowest BCUT2D eigenvalue weighted by Crippen LogP contribution is -2.10. The van der Waals surface area contributed by atoms with Crippen LogP contribution >= 0.6 is 34.8 Å². The molecule has 0 saturated heterocycles. The molecule has 2 aromatic rings. The van der Waals surface area contributed by atoms with Gasteiger partial charge in [0.05, 0.1) is 27.7 Å². The molecule has 0 amide bonds. The summed E-state index contributed by atoms with van der Waals surface area (Å²) in [6.45, 7) is 0. The highest BCUT2D eigenvalue weighted by Crippen LogP contribution is 2.40. The molecule has 1 aromatic heterocycles. The molecule has 0 saturated carbocycles. The minimum Gasteiger partial charge on any atom is -0.481 e. The number of aromatic nitrogens is 1. The Kier molecular flexibility index (Phi) is 5.08. The number of nitrogens with zero attached hydrogens (tertiary/aromatic N) is 1. The van der Waals surface area contributed by atoms with Crippen molar-refractivity contribution in [2.75, 3.05) is 0 Å². The Hall–Kier alpha value is -1.50. The van der Waals surface area contributed by atoms with Crippen LogP contribution in [0.3, 0.4) is 0 Å². The number of pyridine rings is 1. The molecule has 0 fully saturated rings. The summed E-state index contributed by atoms with van der Waals surface area (Å²) in [5, 5.41) is 9.09. The van der Waals surface area contributed by atoms with Crippen molar-refractivity contribution in [3.05, 3.63) is 50.7 Å². The minimum atomic E-state index is -4.64. The van der Waals surface area contributed by atoms with Gasteiger partial charge in [0.2, 0.25) is 0 Å². The van der Waals surface area contributed by atoms with E-state index in [1.807, 2.05) is 0 Å². The summed E-state index contributed by atoms with van der Waals surface area (Å²) in [6, 6.07) is 3.37. The van der Waals surface area contributed by atoms with Gasteiger partial charge in [0, 0.05) is 22.3 Å². The zero-order chi connectivity index (χ0) is 17.4.